The van der Waals surface area contributed by atoms with Gasteiger partial charge in [0.15, 0.2) is 12.4 Å². The Morgan fingerprint density at radius 1 is 0.793 bits per heavy atom. The number of aromatic nitrogens is 1. The first-order valence-corrected chi connectivity index (χ1v) is 11.4. The molecule has 2 aromatic rings. The van der Waals surface area contributed by atoms with Gasteiger partial charge in [0, 0.05) is 18.6 Å². The van der Waals surface area contributed by atoms with E-state index in [-0.39, 0.29) is 17.0 Å². The Labute approximate surface area is 189 Å². The molecule has 1 aromatic heterocycles. The summed E-state index contributed by atoms with van der Waals surface area (Å²) in [5, 5.41) is 0. The van der Waals surface area contributed by atoms with E-state index in [9.17, 15) is 0 Å². The third-order valence-electron chi connectivity index (χ3n) is 5.37. The summed E-state index contributed by atoms with van der Waals surface area (Å²) in [6.45, 7) is 8.53. The van der Waals surface area contributed by atoms with Crippen molar-refractivity contribution in [1.29, 1.82) is 0 Å². The van der Waals surface area contributed by atoms with Crippen molar-refractivity contribution in [3.8, 4) is 5.75 Å². The van der Waals surface area contributed by atoms with E-state index < -0.39 is 0 Å². The van der Waals surface area contributed by atoms with Gasteiger partial charge in [-0.25, -0.2) is 4.57 Å². The van der Waals surface area contributed by atoms with Gasteiger partial charge in [-0.05, 0) is 61.8 Å². The SMILES string of the molecule is Br.CCCCCc1ccc(OCCCC[n+]2ccc(C)cc2)c(CCCCC)c1. The van der Waals surface area contributed by atoms with Crippen LogP contribution in [0, 0.1) is 6.92 Å². The number of ether oxygens (including phenoxy) is 1. The van der Waals surface area contributed by atoms with Gasteiger partial charge < -0.3 is 4.74 Å². The Morgan fingerprint density at radius 3 is 2.17 bits per heavy atom. The Balaban J connectivity index is 0.00000420. The molecule has 0 unspecified atom stereocenters. The summed E-state index contributed by atoms with van der Waals surface area (Å²) < 4.78 is 8.45. The Morgan fingerprint density at radius 2 is 1.48 bits per heavy atom. The maximum atomic E-state index is 6.20. The lowest BCUT2D eigenvalue weighted by Crippen LogP contribution is -2.32. The van der Waals surface area contributed by atoms with Crippen molar-refractivity contribution in [3.05, 3.63) is 59.4 Å². The summed E-state index contributed by atoms with van der Waals surface area (Å²) in [5.74, 6) is 1.11. The molecule has 0 fully saturated rings. The summed E-state index contributed by atoms with van der Waals surface area (Å²) in [4.78, 5) is 0. The summed E-state index contributed by atoms with van der Waals surface area (Å²) in [6, 6.07) is 11.2. The fraction of sp³-hybridized carbons (Fsp3) is 0.577. The molecule has 0 amide bonds. The van der Waals surface area contributed by atoms with Crippen molar-refractivity contribution in [2.45, 2.75) is 91.5 Å². The topological polar surface area (TPSA) is 13.1 Å². The Kier molecular flexibility index (Phi) is 13.7. The molecule has 3 heteroatoms. The molecule has 162 valence electrons. The van der Waals surface area contributed by atoms with Crippen LogP contribution in [0.2, 0.25) is 0 Å². The molecule has 0 aliphatic rings. The second-order valence-corrected chi connectivity index (χ2v) is 8.03. The second-order valence-electron chi connectivity index (χ2n) is 8.03. The molecule has 0 bridgehead atoms. The van der Waals surface area contributed by atoms with Crippen LogP contribution in [-0.2, 0) is 19.4 Å². The predicted octanol–water partition coefficient (Wildman–Crippen LogP) is 7.19. The van der Waals surface area contributed by atoms with E-state index in [2.05, 4.69) is 68.1 Å². The molecule has 0 saturated heterocycles. The number of pyridine rings is 1. The Hall–Kier alpha value is -1.35. The average molecular weight is 464 g/mol. The number of nitrogens with zero attached hydrogens (tertiary/aromatic N) is 1. The number of unbranched alkanes of at least 4 members (excludes halogenated alkanes) is 5. The van der Waals surface area contributed by atoms with Gasteiger partial charge in [-0.1, -0.05) is 51.7 Å². The van der Waals surface area contributed by atoms with Crippen molar-refractivity contribution in [1.82, 2.24) is 0 Å². The molecule has 0 atom stereocenters. The van der Waals surface area contributed by atoms with Gasteiger partial charge in [0.1, 0.15) is 12.3 Å². The van der Waals surface area contributed by atoms with Crippen LogP contribution in [0.3, 0.4) is 0 Å². The minimum atomic E-state index is 0. The van der Waals surface area contributed by atoms with E-state index in [0.717, 1.165) is 38.2 Å². The lowest BCUT2D eigenvalue weighted by Gasteiger charge is -2.13. The van der Waals surface area contributed by atoms with Gasteiger partial charge in [-0.15, -0.1) is 17.0 Å². The van der Waals surface area contributed by atoms with Crippen molar-refractivity contribution in [2.24, 2.45) is 0 Å². The highest BCUT2D eigenvalue weighted by Gasteiger charge is 2.07. The van der Waals surface area contributed by atoms with Crippen LogP contribution in [0.15, 0.2) is 42.7 Å². The molecule has 0 N–H and O–H groups in total. The number of hydrogen-bond acceptors (Lipinski definition) is 1. The fourth-order valence-electron chi connectivity index (χ4n) is 3.53. The van der Waals surface area contributed by atoms with E-state index in [4.69, 9.17) is 4.74 Å². The lowest BCUT2D eigenvalue weighted by atomic mass is 10.00. The summed E-state index contributed by atoms with van der Waals surface area (Å²) in [6.07, 6.45) is 16.6. The molecule has 1 aromatic carbocycles. The Bertz CT molecular complexity index is 669. The molecule has 0 aliphatic carbocycles. The molecular weight excluding hydrogens is 422 g/mol. The molecule has 0 saturated carbocycles. The number of hydrogen-bond donors (Lipinski definition) is 0. The summed E-state index contributed by atoms with van der Waals surface area (Å²) >= 11 is 0. The van der Waals surface area contributed by atoms with E-state index >= 15 is 0 Å². The molecule has 0 aliphatic heterocycles. The van der Waals surface area contributed by atoms with Crippen LogP contribution in [-0.4, -0.2) is 6.61 Å². The highest BCUT2D eigenvalue weighted by molar-refractivity contribution is 8.93. The maximum Gasteiger partial charge on any atom is 0.169 e. The first-order valence-electron chi connectivity index (χ1n) is 11.4. The van der Waals surface area contributed by atoms with Gasteiger partial charge in [0.2, 0.25) is 0 Å². The van der Waals surface area contributed by atoms with E-state index in [0.29, 0.717) is 0 Å². The van der Waals surface area contributed by atoms with Gasteiger partial charge in [0.05, 0.1) is 6.61 Å². The van der Waals surface area contributed by atoms with Crippen LogP contribution in [0.25, 0.3) is 0 Å². The first kappa shape index (κ1) is 25.7. The molecule has 0 spiro atoms. The normalized spacial score (nSPS) is 10.6. The highest BCUT2D eigenvalue weighted by Crippen LogP contribution is 2.24. The number of rotatable bonds is 14. The first-order chi connectivity index (χ1) is 13.7. The smallest absolute Gasteiger partial charge is 0.169 e. The molecule has 2 nitrogen and oxygen atoms in total. The maximum absolute atomic E-state index is 6.20. The van der Waals surface area contributed by atoms with Crippen LogP contribution in [0.1, 0.15) is 81.9 Å². The standard InChI is InChI=1S/C26H40NO.BrH/c1-4-6-8-12-24-14-15-26(25(22-24)13-9-7-5-2)28-21-11-10-18-27-19-16-23(3)17-20-27;/h14-17,19-20,22H,4-13,18,21H2,1-3H3;1H/q+1;. The largest absolute Gasteiger partial charge is 0.493 e. The van der Waals surface area contributed by atoms with Crippen molar-refractivity contribution in [2.75, 3.05) is 6.61 Å². The van der Waals surface area contributed by atoms with Gasteiger partial charge in [-0.2, -0.15) is 0 Å². The van der Waals surface area contributed by atoms with Gasteiger partial charge in [0.25, 0.3) is 0 Å². The quantitative estimate of drug-likeness (QED) is 0.214. The van der Waals surface area contributed by atoms with Gasteiger partial charge in [-0.3, -0.25) is 0 Å². The van der Waals surface area contributed by atoms with E-state index in [1.54, 1.807) is 0 Å². The third kappa shape index (κ3) is 10.3. The molecular formula is C26H41BrNO+. The summed E-state index contributed by atoms with van der Waals surface area (Å²) in [7, 11) is 0. The predicted molar refractivity (Wildman–Crippen MR) is 129 cm³/mol. The number of aryl methyl sites for hydroxylation is 4. The van der Waals surface area contributed by atoms with Gasteiger partial charge >= 0.3 is 0 Å². The lowest BCUT2D eigenvalue weighted by molar-refractivity contribution is -0.697. The molecule has 1 heterocycles. The molecule has 29 heavy (non-hydrogen) atoms. The minimum Gasteiger partial charge on any atom is -0.493 e. The van der Waals surface area contributed by atoms with Crippen LogP contribution in [0.5, 0.6) is 5.75 Å². The van der Waals surface area contributed by atoms with Crippen LogP contribution >= 0.6 is 17.0 Å². The second kappa shape index (κ2) is 15.5. The summed E-state index contributed by atoms with van der Waals surface area (Å²) in [5.41, 5.74) is 4.20. The third-order valence-corrected chi connectivity index (χ3v) is 5.37. The minimum absolute atomic E-state index is 0. The molecule has 2 rings (SSSR count). The van der Waals surface area contributed by atoms with E-state index in [1.807, 2.05) is 0 Å². The van der Waals surface area contributed by atoms with Crippen LogP contribution < -0.4 is 9.30 Å². The fourth-order valence-corrected chi connectivity index (χ4v) is 3.53. The number of benzene rings is 1. The van der Waals surface area contributed by atoms with Crippen molar-refractivity contribution >= 4 is 17.0 Å². The monoisotopic (exact) mass is 462 g/mol. The van der Waals surface area contributed by atoms with E-state index in [1.165, 1.54) is 61.6 Å². The zero-order chi connectivity index (χ0) is 20.0. The van der Waals surface area contributed by atoms with Crippen molar-refractivity contribution < 1.29 is 9.30 Å². The average Bonchev–Trinajstić information content (AvgIpc) is 2.71. The zero-order valence-corrected chi connectivity index (χ0v) is 20.5. The number of halogens is 1. The molecule has 0 radical (unpaired) electrons. The zero-order valence-electron chi connectivity index (χ0n) is 18.8. The van der Waals surface area contributed by atoms with Crippen LogP contribution in [0.4, 0.5) is 0 Å². The van der Waals surface area contributed by atoms with Crippen molar-refractivity contribution in [3.63, 3.8) is 0 Å². The highest BCUT2D eigenvalue weighted by atomic mass is 79.9.